The van der Waals surface area contributed by atoms with Crippen molar-refractivity contribution in [3.63, 3.8) is 0 Å². The van der Waals surface area contributed by atoms with Crippen LogP contribution in [0.3, 0.4) is 0 Å². The van der Waals surface area contributed by atoms with E-state index in [1.165, 1.54) is 0 Å². The summed E-state index contributed by atoms with van der Waals surface area (Å²) in [6.45, 7) is 5.06. The first-order valence-electron chi connectivity index (χ1n) is 5.65. The van der Waals surface area contributed by atoms with Crippen molar-refractivity contribution >= 4 is 19.9 Å². The normalized spacial score (nSPS) is 12.9. The van der Waals surface area contributed by atoms with Crippen molar-refractivity contribution in [3.05, 3.63) is 12.7 Å². The van der Waals surface area contributed by atoms with Crippen molar-refractivity contribution in [3.8, 4) is 5.63 Å². The van der Waals surface area contributed by atoms with Crippen LogP contribution in [0.15, 0.2) is 12.7 Å². The molecule has 0 saturated carbocycles. The van der Waals surface area contributed by atoms with Crippen LogP contribution in [0.4, 0.5) is 0 Å². The molecule has 0 saturated heterocycles. The van der Waals surface area contributed by atoms with E-state index >= 15 is 0 Å². The number of carbonyl (C=O) groups is 2. The van der Waals surface area contributed by atoms with Gasteiger partial charge in [-0.2, -0.15) is 0 Å². The number of ether oxygens (including phenoxy) is 1. The average Bonchev–Trinajstić information content (AvgIpc) is 2.32. The first-order valence-corrected chi connectivity index (χ1v) is 6.46. The van der Waals surface area contributed by atoms with Gasteiger partial charge in [0, 0.05) is 0 Å². The number of hydrogen-bond acceptors (Lipinski definition) is 4. The molecule has 0 radical (unpaired) electrons. The molecule has 0 aliphatic heterocycles. The SMILES string of the molecule is C=CC(=O)OC(C)CCCCC(C#P=O)C(=O)O. The Morgan fingerprint density at radius 2 is 2.06 bits per heavy atom. The van der Waals surface area contributed by atoms with Gasteiger partial charge in [-0.25, -0.2) is 0 Å². The zero-order valence-corrected chi connectivity index (χ0v) is 11.2. The summed E-state index contributed by atoms with van der Waals surface area (Å²) >= 11 is 0. The molecule has 2 unspecified atom stereocenters. The van der Waals surface area contributed by atoms with Crippen LogP contribution in [0.1, 0.15) is 32.6 Å². The number of aliphatic carboxylic acids is 1. The van der Waals surface area contributed by atoms with Gasteiger partial charge in [0.05, 0.1) is 0 Å². The van der Waals surface area contributed by atoms with Gasteiger partial charge in [0.2, 0.25) is 0 Å². The summed E-state index contributed by atoms with van der Waals surface area (Å²) < 4.78 is 15.2. The molecule has 0 aliphatic rings. The van der Waals surface area contributed by atoms with Crippen LogP contribution in [0.5, 0.6) is 0 Å². The Labute approximate surface area is 107 Å². The third kappa shape index (κ3) is 7.88. The van der Waals surface area contributed by atoms with E-state index in [4.69, 9.17) is 9.84 Å². The van der Waals surface area contributed by atoms with Gasteiger partial charge in [-0.05, 0) is 0 Å². The molecule has 0 aromatic carbocycles. The van der Waals surface area contributed by atoms with Gasteiger partial charge in [-0.3, -0.25) is 0 Å². The van der Waals surface area contributed by atoms with Gasteiger partial charge in [0.25, 0.3) is 0 Å². The number of unbranched alkanes of at least 4 members (excludes halogenated alkanes) is 1. The quantitative estimate of drug-likeness (QED) is 0.318. The first-order chi connectivity index (χ1) is 8.51. The van der Waals surface area contributed by atoms with Crippen molar-refractivity contribution in [1.29, 1.82) is 0 Å². The Balaban J connectivity index is 3.86. The van der Waals surface area contributed by atoms with Crippen LogP contribution >= 0.6 is 7.92 Å². The van der Waals surface area contributed by atoms with E-state index in [1.54, 1.807) is 6.92 Å². The summed E-state index contributed by atoms with van der Waals surface area (Å²) in [5.41, 5.74) is 2.33. The molecule has 0 heterocycles. The molecule has 0 rings (SSSR count). The number of carboxylic acids is 1. The Hall–Kier alpha value is -1.31. The standard InChI is InChI=1S/C12H17O5P/c1-3-11(13)17-9(2)6-4-5-7-10(8-18-16)12(14)15/h3,9-10H,1,4-7H2,2H3,(H,14,15). The molecule has 2 atom stereocenters. The van der Waals surface area contributed by atoms with E-state index in [1.807, 2.05) is 0 Å². The number of hydrogen-bond donors (Lipinski definition) is 1. The minimum absolute atomic E-state index is 0.218. The van der Waals surface area contributed by atoms with E-state index in [0.29, 0.717) is 19.3 Å². The molecule has 0 amide bonds. The Kier molecular flexibility index (Phi) is 8.99. The van der Waals surface area contributed by atoms with Gasteiger partial charge < -0.3 is 0 Å². The maximum absolute atomic E-state index is 10.9. The molecule has 6 heteroatoms. The van der Waals surface area contributed by atoms with Gasteiger partial charge in [-0.15, -0.1) is 0 Å². The number of esters is 1. The maximum atomic E-state index is 10.9. The van der Waals surface area contributed by atoms with Gasteiger partial charge in [-0.1, -0.05) is 0 Å². The topological polar surface area (TPSA) is 80.7 Å². The van der Waals surface area contributed by atoms with Crippen molar-refractivity contribution in [1.82, 2.24) is 0 Å². The fourth-order valence-electron chi connectivity index (χ4n) is 1.39. The van der Waals surface area contributed by atoms with Crippen molar-refractivity contribution in [2.24, 2.45) is 5.92 Å². The molecule has 0 bridgehead atoms. The summed E-state index contributed by atoms with van der Waals surface area (Å²) in [6, 6.07) is 0. The second kappa shape index (κ2) is 9.69. The van der Waals surface area contributed by atoms with Crippen molar-refractivity contribution in [2.75, 3.05) is 0 Å². The molecule has 100 valence electrons. The molecule has 0 spiro atoms. The summed E-state index contributed by atoms with van der Waals surface area (Å²) in [5, 5.41) is 8.78. The monoisotopic (exact) mass is 272 g/mol. The average molecular weight is 272 g/mol. The molecule has 0 aromatic rings. The number of carbonyl (C=O) groups excluding carboxylic acids is 1. The van der Waals surface area contributed by atoms with E-state index in [2.05, 4.69) is 12.2 Å². The Bertz CT molecular complexity index is 398. The molecule has 5 nitrogen and oxygen atoms in total. The van der Waals surface area contributed by atoms with Crippen molar-refractivity contribution in [2.45, 2.75) is 38.7 Å². The Morgan fingerprint density at radius 3 is 2.56 bits per heavy atom. The number of carboxylic acid groups (broad SMARTS) is 1. The zero-order chi connectivity index (χ0) is 14.0. The van der Waals surface area contributed by atoms with E-state index in [-0.39, 0.29) is 14.0 Å². The third-order valence-electron chi connectivity index (χ3n) is 2.34. The molecule has 1 N–H and O–H groups in total. The fraction of sp³-hybridized carbons (Fsp3) is 0.583. The third-order valence-corrected chi connectivity index (χ3v) is 2.76. The number of rotatable bonds is 8. The van der Waals surface area contributed by atoms with Crippen LogP contribution in [-0.4, -0.2) is 23.1 Å². The summed E-state index contributed by atoms with van der Waals surface area (Å²) in [4.78, 5) is 21.6. The molecule has 18 heavy (non-hydrogen) atoms. The van der Waals surface area contributed by atoms with E-state index in [9.17, 15) is 14.2 Å². The molecule has 0 aliphatic carbocycles. The van der Waals surface area contributed by atoms with Crippen LogP contribution in [0.25, 0.3) is 0 Å². The van der Waals surface area contributed by atoms with Gasteiger partial charge in [0.15, 0.2) is 0 Å². The van der Waals surface area contributed by atoms with E-state index in [0.717, 1.165) is 12.5 Å². The van der Waals surface area contributed by atoms with E-state index < -0.39 is 17.9 Å². The summed E-state index contributed by atoms with van der Waals surface area (Å²) in [7, 11) is -0.387. The van der Waals surface area contributed by atoms with Crippen LogP contribution in [0.2, 0.25) is 0 Å². The molecule has 0 fully saturated rings. The molecular formula is C12H17O5P. The molecular weight excluding hydrogens is 255 g/mol. The molecule has 0 aromatic heterocycles. The minimum atomic E-state index is -1.02. The second-order valence-electron chi connectivity index (χ2n) is 3.85. The summed E-state index contributed by atoms with van der Waals surface area (Å²) in [5.74, 6) is -2.29. The van der Waals surface area contributed by atoms with Gasteiger partial charge in [0.1, 0.15) is 0 Å². The predicted molar refractivity (Wildman–Crippen MR) is 66.8 cm³/mol. The second-order valence-corrected chi connectivity index (χ2v) is 4.29. The first kappa shape index (κ1) is 16.7. The zero-order valence-electron chi connectivity index (χ0n) is 10.3. The van der Waals surface area contributed by atoms with Crippen LogP contribution < -0.4 is 0 Å². The van der Waals surface area contributed by atoms with Crippen LogP contribution in [0, 0.1) is 11.5 Å². The summed E-state index contributed by atoms with van der Waals surface area (Å²) in [6.07, 6.45) is 3.30. The Morgan fingerprint density at radius 1 is 1.44 bits per heavy atom. The van der Waals surface area contributed by atoms with Crippen molar-refractivity contribution < 1.29 is 24.0 Å². The van der Waals surface area contributed by atoms with Crippen LogP contribution in [-0.2, 0) is 18.9 Å². The fourth-order valence-corrected chi connectivity index (χ4v) is 1.76. The van der Waals surface area contributed by atoms with Gasteiger partial charge >= 0.3 is 107 Å². The predicted octanol–water partition coefficient (Wildman–Crippen LogP) is 2.62.